The fourth-order valence-electron chi connectivity index (χ4n) is 2.20. The van der Waals surface area contributed by atoms with Crippen molar-refractivity contribution in [3.8, 4) is 0 Å². The third kappa shape index (κ3) is 2.32. The normalized spacial score (nSPS) is 14.4. The molecule has 0 atom stereocenters. The van der Waals surface area contributed by atoms with E-state index in [0.717, 1.165) is 25.9 Å². The van der Waals surface area contributed by atoms with Crippen LogP contribution in [0.5, 0.6) is 0 Å². The highest BCUT2D eigenvalue weighted by Gasteiger charge is 2.17. The number of aliphatic hydroxyl groups is 1. The lowest BCUT2D eigenvalue weighted by molar-refractivity contribution is 0.285. The Morgan fingerprint density at radius 1 is 1.33 bits per heavy atom. The Balaban J connectivity index is 2.03. The standard InChI is InChI=1S/C13H19NO/c1-11-4-5-12-6-8-14(13(12)10-11)7-2-3-9-15/h4-5,10,15H,2-3,6-9H2,1H3. The second-order valence-corrected chi connectivity index (χ2v) is 4.30. The molecule has 0 spiro atoms. The van der Waals surface area contributed by atoms with Gasteiger partial charge >= 0.3 is 0 Å². The lowest BCUT2D eigenvalue weighted by atomic mass is 10.1. The maximum Gasteiger partial charge on any atom is 0.0431 e. The van der Waals surface area contributed by atoms with Gasteiger partial charge in [0.1, 0.15) is 0 Å². The quantitative estimate of drug-likeness (QED) is 0.761. The summed E-state index contributed by atoms with van der Waals surface area (Å²) in [6, 6.07) is 6.72. The molecule has 2 heteroatoms. The highest BCUT2D eigenvalue weighted by atomic mass is 16.2. The van der Waals surface area contributed by atoms with Crippen LogP contribution in [-0.4, -0.2) is 24.8 Å². The predicted octanol–water partition coefficient (Wildman–Crippen LogP) is 2.13. The van der Waals surface area contributed by atoms with E-state index >= 15 is 0 Å². The third-order valence-corrected chi connectivity index (χ3v) is 3.07. The van der Waals surface area contributed by atoms with Gasteiger partial charge in [-0.05, 0) is 43.4 Å². The molecule has 0 saturated carbocycles. The van der Waals surface area contributed by atoms with Gasteiger partial charge < -0.3 is 10.0 Å². The van der Waals surface area contributed by atoms with Crippen LogP contribution in [0.15, 0.2) is 18.2 Å². The first-order valence-electron chi connectivity index (χ1n) is 5.76. The lowest BCUT2D eigenvalue weighted by Gasteiger charge is -2.19. The molecular weight excluding hydrogens is 186 g/mol. The molecule has 0 aliphatic carbocycles. The zero-order chi connectivity index (χ0) is 10.7. The molecule has 0 bridgehead atoms. The summed E-state index contributed by atoms with van der Waals surface area (Å²) in [5.41, 5.74) is 4.22. The highest BCUT2D eigenvalue weighted by molar-refractivity contribution is 5.59. The van der Waals surface area contributed by atoms with Gasteiger partial charge in [-0.3, -0.25) is 0 Å². The van der Waals surface area contributed by atoms with Crippen LogP contribution in [0.4, 0.5) is 5.69 Å². The monoisotopic (exact) mass is 205 g/mol. The van der Waals surface area contributed by atoms with E-state index in [9.17, 15) is 0 Å². The first-order chi connectivity index (χ1) is 7.31. The molecule has 2 rings (SSSR count). The zero-order valence-corrected chi connectivity index (χ0v) is 9.37. The fraction of sp³-hybridized carbons (Fsp3) is 0.538. The molecule has 0 unspecified atom stereocenters. The number of unbranched alkanes of at least 4 members (excludes halogenated alkanes) is 1. The number of nitrogens with zero attached hydrogens (tertiary/aromatic N) is 1. The number of aliphatic hydroxyl groups excluding tert-OH is 1. The molecule has 82 valence electrons. The minimum absolute atomic E-state index is 0.314. The molecular formula is C13H19NO. The van der Waals surface area contributed by atoms with Crippen LogP contribution >= 0.6 is 0 Å². The summed E-state index contributed by atoms with van der Waals surface area (Å²) in [4.78, 5) is 2.44. The van der Waals surface area contributed by atoms with Gasteiger partial charge in [-0.15, -0.1) is 0 Å². The Morgan fingerprint density at radius 3 is 3.00 bits per heavy atom. The molecule has 1 N–H and O–H groups in total. The van der Waals surface area contributed by atoms with E-state index in [1.807, 2.05) is 0 Å². The number of aryl methyl sites for hydroxylation is 1. The van der Waals surface area contributed by atoms with Gasteiger partial charge in [0, 0.05) is 25.4 Å². The number of anilines is 1. The molecule has 1 aromatic rings. The van der Waals surface area contributed by atoms with Crippen molar-refractivity contribution in [1.29, 1.82) is 0 Å². The average molecular weight is 205 g/mol. The van der Waals surface area contributed by atoms with Crippen molar-refractivity contribution in [3.63, 3.8) is 0 Å². The van der Waals surface area contributed by atoms with Crippen LogP contribution in [0.1, 0.15) is 24.0 Å². The molecule has 0 fully saturated rings. The summed E-state index contributed by atoms with van der Waals surface area (Å²) in [5.74, 6) is 0. The third-order valence-electron chi connectivity index (χ3n) is 3.07. The number of rotatable bonds is 4. The summed E-state index contributed by atoms with van der Waals surface area (Å²) in [6.45, 7) is 4.68. The lowest BCUT2D eigenvalue weighted by Crippen LogP contribution is -2.21. The maximum atomic E-state index is 8.76. The van der Waals surface area contributed by atoms with Crippen LogP contribution < -0.4 is 4.90 Å². The van der Waals surface area contributed by atoms with E-state index < -0.39 is 0 Å². The minimum Gasteiger partial charge on any atom is -0.396 e. The van der Waals surface area contributed by atoms with Gasteiger partial charge in [-0.25, -0.2) is 0 Å². The van der Waals surface area contributed by atoms with Crippen molar-refractivity contribution in [2.45, 2.75) is 26.2 Å². The van der Waals surface area contributed by atoms with E-state index in [1.54, 1.807) is 0 Å². The van der Waals surface area contributed by atoms with Gasteiger partial charge in [-0.2, -0.15) is 0 Å². The van der Waals surface area contributed by atoms with E-state index in [-0.39, 0.29) is 0 Å². The number of fused-ring (bicyclic) bond motifs is 1. The van der Waals surface area contributed by atoms with Gasteiger partial charge in [0.25, 0.3) is 0 Å². The van der Waals surface area contributed by atoms with Gasteiger partial charge in [0.15, 0.2) is 0 Å². The molecule has 0 radical (unpaired) electrons. The zero-order valence-electron chi connectivity index (χ0n) is 9.37. The maximum absolute atomic E-state index is 8.76. The van der Waals surface area contributed by atoms with Crippen LogP contribution in [-0.2, 0) is 6.42 Å². The summed E-state index contributed by atoms with van der Waals surface area (Å²) in [6.07, 6.45) is 3.18. The topological polar surface area (TPSA) is 23.5 Å². The Kier molecular flexibility index (Phi) is 3.27. The molecule has 1 heterocycles. The van der Waals surface area contributed by atoms with Crippen molar-refractivity contribution in [2.75, 3.05) is 24.6 Å². The molecule has 1 aliphatic heterocycles. The second-order valence-electron chi connectivity index (χ2n) is 4.30. The minimum atomic E-state index is 0.314. The molecule has 0 saturated heterocycles. The van der Waals surface area contributed by atoms with Crippen molar-refractivity contribution in [2.24, 2.45) is 0 Å². The van der Waals surface area contributed by atoms with E-state index in [2.05, 4.69) is 30.0 Å². The second kappa shape index (κ2) is 4.67. The Bertz CT molecular complexity index is 335. The first-order valence-corrected chi connectivity index (χ1v) is 5.76. The highest BCUT2D eigenvalue weighted by Crippen LogP contribution is 2.28. The Morgan fingerprint density at radius 2 is 2.20 bits per heavy atom. The van der Waals surface area contributed by atoms with Crippen molar-refractivity contribution in [3.05, 3.63) is 29.3 Å². The summed E-state index contributed by atoms with van der Waals surface area (Å²) < 4.78 is 0. The Labute approximate surface area is 91.5 Å². The average Bonchev–Trinajstić information content (AvgIpc) is 2.62. The summed E-state index contributed by atoms with van der Waals surface area (Å²) in [5, 5.41) is 8.76. The van der Waals surface area contributed by atoms with Crippen LogP contribution in [0.3, 0.4) is 0 Å². The van der Waals surface area contributed by atoms with Crippen molar-refractivity contribution in [1.82, 2.24) is 0 Å². The first kappa shape index (κ1) is 10.5. The summed E-state index contributed by atoms with van der Waals surface area (Å²) in [7, 11) is 0. The van der Waals surface area contributed by atoms with Crippen LogP contribution in [0, 0.1) is 6.92 Å². The SMILES string of the molecule is Cc1ccc2c(c1)N(CCCCO)CC2. The smallest absolute Gasteiger partial charge is 0.0431 e. The number of benzene rings is 1. The van der Waals surface area contributed by atoms with E-state index in [0.29, 0.717) is 6.61 Å². The van der Waals surface area contributed by atoms with E-state index in [1.165, 1.54) is 23.2 Å². The van der Waals surface area contributed by atoms with Crippen LogP contribution in [0.25, 0.3) is 0 Å². The van der Waals surface area contributed by atoms with Crippen LogP contribution in [0.2, 0.25) is 0 Å². The molecule has 0 amide bonds. The molecule has 1 aromatic carbocycles. The number of hydrogen-bond donors (Lipinski definition) is 1. The van der Waals surface area contributed by atoms with Gasteiger partial charge in [0.2, 0.25) is 0 Å². The largest absolute Gasteiger partial charge is 0.396 e. The predicted molar refractivity (Wildman–Crippen MR) is 63.4 cm³/mol. The molecule has 15 heavy (non-hydrogen) atoms. The summed E-state index contributed by atoms with van der Waals surface area (Å²) >= 11 is 0. The van der Waals surface area contributed by atoms with Gasteiger partial charge in [-0.1, -0.05) is 12.1 Å². The Hall–Kier alpha value is -1.02. The van der Waals surface area contributed by atoms with Gasteiger partial charge in [0.05, 0.1) is 0 Å². The number of hydrogen-bond acceptors (Lipinski definition) is 2. The van der Waals surface area contributed by atoms with Crippen molar-refractivity contribution >= 4 is 5.69 Å². The molecule has 2 nitrogen and oxygen atoms in total. The molecule has 0 aromatic heterocycles. The van der Waals surface area contributed by atoms with E-state index in [4.69, 9.17) is 5.11 Å². The van der Waals surface area contributed by atoms with Crippen molar-refractivity contribution < 1.29 is 5.11 Å². The fourth-order valence-corrected chi connectivity index (χ4v) is 2.20. The molecule has 1 aliphatic rings.